The molecule has 11 heavy (non-hydrogen) atoms. The molecule has 0 aliphatic rings. The second kappa shape index (κ2) is 2.88. The molecule has 3 heteroatoms. The fourth-order valence-corrected chi connectivity index (χ4v) is 0.832. The molecule has 3 nitrogen and oxygen atoms in total. The van der Waals surface area contributed by atoms with Gasteiger partial charge in [0.05, 0.1) is 12.3 Å². The van der Waals surface area contributed by atoms with Crippen molar-refractivity contribution in [3.05, 3.63) is 23.7 Å². The summed E-state index contributed by atoms with van der Waals surface area (Å²) >= 11 is 0. The van der Waals surface area contributed by atoms with Crippen LogP contribution in [0.5, 0.6) is 0 Å². The molecule has 0 spiro atoms. The van der Waals surface area contributed by atoms with E-state index in [0.29, 0.717) is 5.76 Å². The van der Waals surface area contributed by atoms with Gasteiger partial charge < -0.3 is 10.2 Å². The van der Waals surface area contributed by atoms with E-state index < -0.39 is 6.04 Å². The Hall–Kier alpha value is -1.09. The molecule has 1 aromatic rings. The highest BCUT2D eigenvalue weighted by atomic mass is 16.3. The van der Waals surface area contributed by atoms with Crippen LogP contribution < -0.4 is 5.73 Å². The van der Waals surface area contributed by atoms with Crippen LogP contribution in [0.4, 0.5) is 0 Å². The third kappa shape index (κ3) is 1.49. The van der Waals surface area contributed by atoms with E-state index in [2.05, 4.69) is 0 Å². The molecule has 0 bridgehead atoms. The molecule has 1 rings (SSSR count). The van der Waals surface area contributed by atoms with Crippen molar-refractivity contribution in [2.75, 3.05) is 0 Å². The van der Waals surface area contributed by atoms with Gasteiger partial charge in [-0.2, -0.15) is 0 Å². The van der Waals surface area contributed by atoms with Crippen molar-refractivity contribution in [1.82, 2.24) is 0 Å². The van der Waals surface area contributed by atoms with Gasteiger partial charge in [-0.1, -0.05) is 0 Å². The van der Waals surface area contributed by atoms with E-state index >= 15 is 0 Å². The number of ketones is 1. The molecule has 0 amide bonds. The van der Waals surface area contributed by atoms with Gasteiger partial charge in [-0.15, -0.1) is 0 Å². The Balaban J connectivity index is 2.93. The summed E-state index contributed by atoms with van der Waals surface area (Å²) in [6, 6.07) is 1.26. The number of carbonyl (C=O) groups excluding carboxylic acids is 1. The molecule has 1 unspecified atom stereocenters. The lowest BCUT2D eigenvalue weighted by Gasteiger charge is -2.00. The Morgan fingerprint density at radius 3 is 2.73 bits per heavy atom. The van der Waals surface area contributed by atoms with Crippen LogP contribution in [0.25, 0.3) is 0 Å². The van der Waals surface area contributed by atoms with Crippen LogP contribution in [0.15, 0.2) is 16.7 Å². The van der Waals surface area contributed by atoms with Crippen LogP contribution in [-0.2, 0) is 0 Å². The van der Waals surface area contributed by atoms with Gasteiger partial charge in [0.2, 0.25) is 5.78 Å². The van der Waals surface area contributed by atoms with Crippen LogP contribution in [-0.4, -0.2) is 11.8 Å². The number of nitrogens with two attached hydrogens (primary N) is 1. The molecule has 0 aromatic carbocycles. The standard InChI is InChI=1S/C8H11NO2/c1-5-3-4-11-8(5)7(10)6(2)9/h3-4,6H,9H2,1-2H3. The van der Waals surface area contributed by atoms with Crippen molar-refractivity contribution in [3.63, 3.8) is 0 Å². The average Bonchev–Trinajstić information content (AvgIpc) is 2.33. The maximum absolute atomic E-state index is 11.2. The van der Waals surface area contributed by atoms with Crippen LogP contribution in [0.1, 0.15) is 23.0 Å². The van der Waals surface area contributed by atoms with Crippen molar-refractivity contribution in [3.8, 4) is 0 Å². The van der Waals surface area contributed by atoms with E-state index in [9.17, 15) is 4.79 Å². The second-order valence-electron chi connectivity index (χ2n) is 2.59. The molecular weight excluding hydrogens is 142 g/mol. The molecule has 0 saturated carbocycles. The number of hydrogen-bond donors (Lipinski definition) is 1. The summed E-state index contributed by atoms with van der Waals surface area (Å²) in [5.41, 5.74) is 6.23. The van der Waals surface area contributed by atoms with Gasteiger partial charge in [0.1, 0.15) is 0 Å². The van der Waals surface area contributed by atoms with E-state index in [1.54, 1.807) is 13.0 Å². The Kier molecular flexibility index (Phi) is 2.10. The monoisotopic (exact) mass is 153 g/mol. The fraction of sp³-hybridized carbons (Fsp3) is 0.375. The van der Waals surface area contributed by atoms with E-state index in [4.69, 9.17) is 10.2 Å². The maximum atomic E-state index is 11.2. The number of aryl methyl sites for hydroxylation is 1. The Morgan fingerprint density at radius 2 is 2.36 bits per heavy atom. The summed E-state index contributed by atoms with van der Waals surface area (Å²) in [5, 5.41) is 0. The van der Waals surface area contributed by atoms with Crippen molar-refractivity contribution >= 4 is 5.78 Å². The van der Waals surface area contributed by atoms with Crippen LogP contribution in [0.2, 0.25) is 0 Å². The summed E-state index contributed by atoms with van der Waals surface area (Å²) in [7, 11) is 0. The van der Waals surface area contributed by atoms with Crippen molar-refractivity contribution in [2.24, 2.45) is 5.73 Å². The van der Waals surface area contributed by atoms with E-state index in [0.717, 1.165) is 5.56 Å². The summed E-state index contributed by atoms with van der Waals surface area (Å²) in [6.07, 6.45) is 1.49. The zero-order chi connectivity index (χ0) is 8.43. The van der Waals surface area contributed by atoms with Gasteiger partial charge >= 0.3 is 0 Å². The Morgan fingerprint density at radius 1 is 1.73 bits per heavy atom. The van der Waals surface area contributed by atoms with E-state index in [-0.39, 0.29) is 5.78 Å². The number of furan rings is 1. The predicted octanol–water partition coefficient (Wildman–Crippen LogP) is 1.12. The maximum Gasteiger partial charge on any atom is 0.214 e. The van der Waals surface area contributed by atoms with Crippen molar-refractivity contribution in [2.45, 2.75) is 19.9 Å². The molecule has 0 fully saturated rings. The quantitative estimate of drug-likeness (QED) is 0.647. The largest absolute Gasteiger partial charge is 0.461 e. The van der Waals surface area contributed by atoms with Gasteiger partial charge in [0, 0.05) is 0 Å². The normalized spacial score (nSPS) is 13.0. The van der Waals surface area contributed by atoms with E-state index in [1.807, 2.05) is 6.92 Å². The summed E-state index contributed by atoms with van der Waals surface area (Å²) in [6.45, 7) is 3.46. The zero-order valence-electron chi connectivity index (χ0n) is 6.63. The smallest absolute Gasteiger partial charge is 0.214 e. The molecule has 0 aliphatic heterocycles. The SMILES string of the molecule is Cc1ccoc1C(=O)C(C)N. The van der Waals surface area contributed by atoms with Crippen LogP contribution >= 0.6 is 0 Å². The second-order valence-corrected chi connectivity index (χ2v) is 2.59. The first-order chi connectivity index (χ1) is 5.13. The zero-order valence-corrected chi connectivity index (χ0v) is 6.63. The highest BCUT2D eigenvalue weighted by molar-refractivity contribution is 5.98. The summed E-state index contributed by atoms with van der Waals surface area (Å²) in [5.74, 6) is 0.229. The van der Waals surface area contributed by atoms with E-state index in [1.165, 1.54) is 6.26 Å². The lowest BCUT2D eigenvalue weighted by Crippen LogP contribution is -2.26. The molecule has 1 heterocycles. The molecule has 1 aromatic heterocycles. The van der Waals surface area contributed by atoms with Crippen molar-refractivity contribution in [1.29, 1.82) is 0 Å². The number of hydrogen-bond acceptors (Lipinski definition) is 3. The third-order valence-electron chi connectivity index (χ3n) is 1.50. The molecular formula is C8H11NO2. The minimum atomic E-state index is -0.486. The first kappa shape index (κ1) is 8.01. The lowest BCUT2D eigenvalue weighted by atomic mass is 10.1. The van der Waals surface area contributed by atoms with Gasteiger partial charge in [-0.05, 0) is 25.5 Å². The minimum Gasteiger partial charge on any atom is -0.461 e. The summed E-state index contributed by atoms with van der Waals surface area (Å²) < 4.78 is 4.96. The summed E-state index contributed by atoms with van der Waals surface area (Å²) in [4.78, 5) is 11.2. The minimum absolute atomic E-state index is 0.146. The molecule has 1 atom stereocenters. The van der Waals surface area contributed by atoms with Crippen LogP contribution in [0, 0.1) is 6.92 Å². The first-order valence-corrected chi connectivity index (χ1v) is 3.47. The number of Topliss-reactive ketones (excluding diaryl/α,β-unsaturated/α-hetero) is 1. The first-order valence-electron chi connectivity index (χ1n) is 3.47. The van der Waals surface area contributed by atoms with Crippen LogP contribution in [0.3, 0.4) is 0 Å². The van der Waals surface area contributed by atoms with Gasteiger partial charge in [-0.25, -0.2) is 0 Å². The highest BCUT2D eigenvalue weighted by Crippen LogP contribution is 2.10. The fourth-order valence-electron chi connectivity index (χ4n) is 0.832. The highest BCUT2D eigenvalue weighted by Gasteiger charge is 2.15. The number of rotatable bonds is 2. The van der Waals surface area contributed by atoms with Gasteiger partial charge in [0.15, 0.2) is 5.76 Å². The van der Waals surface area contributed by atoms with Gasteiger partial charge in [0.25, 0.3) is 0 Å². The molecule has 0 radical (unpaired) electrons. The molecule has 60 valence electrons. The average molecular weight is 153 g/mol. The number of carbonyl (C=O) groups is 1. The molecule has 2 N–H and O–H groups in total. The lowest BCUT2D eigenvalue weighted by molar-refractivity contribution is 0.0940. The Labute approximate surface area is 65.2 Å². The van der Waals surface area contributed by atoms with Gasteiger partial charge in [-0.3, -0.25) is 4.79 Å². The predicted molar refractivity (Wildman–Crippen MR) is 41.4 cm³/mol. The molecule has 0 aliphatic carbocycles. The van der Waals surface area contributed by atoms with Crippen molar-refractivity contribution < 1.29 is 9.21 Å². The molecule has 0 saturated heterocycles. The topological polar surface area (TPSA) is 56.2 Å². The Bertz CT molecular complexity index is 263. The third-order valence-corrected chi connectivity index (χ3v) is 1.50.